The van der Waals surface area contributed by atoms with Crippen LogP contribution in [0.15, 0.2) is 60.9 Å². The van der Waals surface area contributed by atoms with Crippen LogP contribution < -0.4 is 25.9 Å². The van der Waals surface area contributed by atoms with Gasteiger partial charge in [0.1, 0.15) is 0 Å². The van der Waals surface area contributed by atoms with Crippen molar-refractivity contribution in [1.82, 2.24) is 0 Å². The minimum absolute atomic E-state index is 0.182. The van der Waals surface area contributed by atoms with Crippen molar-refractivity contribution < 1.29 is 25.9 Å². The fourth-order valence-corrected chi connectivity index (χ4v) is 3.87. The highest BCUT2D eigenvalue weighted by Crippen LogP contribution is 2.13. The second-order valence-electron chi connectivity index (χ2n) is 3.91. The zero-order valence-corrected chi connectivity index (χ0v) is 12.7. The van der Waals surface area contributed by atoms with Gasteiger partial charge in [0, 0.05) is 0 Å². The Labute approximate surface area is 119 Å². The molecular formula is C16H16IO+. The van der Waals surface area contributed by atoms with E-state index in [9.17, 15) is 0 Å². The summed E-state index contributed by atoms with van der Waals surface area (Å²) in [4.78, 5) is 0. The van der Waals surface area contributed by atoms with Crippen LogP contribution in [0.4, 0.5) is 0 Å². The van der Waals surface area contributed by atoms with Gasteiger partial charge in [-0.05, 0) is 43.7 Å². The average molecular weight is 351 g/mol. The van der Waals surface area contributed by atoms with Crippen LogP contribution in [0.5, 0.6) is 5.75 Å². The van der Waals surface area contributed by atoms with Crippen LogP contribution in [0, 0.1) is 14.1 Å². The van der Waals surface area contributed by atoms with Gasteiger partial charge in [-0.1, -0.05) is 30.3 Å². The van der Waals surface area contributed by atoms with Crippen molar-refractivity contribution >= 4 is 0 Å². The predicted octanol–water partition coefficient (Wildman–Crippen LogP) is 1.04. The van der Waals surface area contributed by atoms with Gasteiger partial charge >= 0.3 is 21.2 Å². The van der Waals surface area contributed by atoms with E-state index >= 15 is 0 Å². The van der Waals surface area contributed by atoms with Gasteiger partial charge in [-0.2, -0.15) is 0 Å². The summed E-state index contributed by atoms with van der Waals surface area (Å²) in [5.74, 6) is 0.991. The zero-order valence-electron chi connectivity index (χ0n) is 10.6. The van der Waals surface area contributed by atoms with Crippen LogP contribution in [0.25, 0.3) is 0 Å². The molecule has 18 heavy (non-hydrogen) atoms. The topological polar surface area (TPSA) is 9.23 Å². The Balaban J connectivity index is 2.26. The molecule has 0 aliphatic carbocycles. The Bertz CT molecular complexity index is 532. The molecule has 0 fully saturated rings. The fourth-order valence-electron chi connectivity index (χ4n) is 1.52. The fraction of sp³-hybridized carbons (Fsp3) is 0.125. The first kappa shape index (κ1) is 13.1. The lowest BCUT2D eigenvalue weighted by Gasteiger charge is -2.01. The average Bonchev–Trinajstić information content (AvgIpc) is 2.40. The van der Waals surface area contributed by atoms with Crippen molar-refractivity contribution in [3.8, 4) is 5.75 Å². The first-order valence-corrected chi connectivity index (χ1v) is 8.03. The van der Waals surface area contributed by atoms with Gasteiger partial charge in [0.25, 0.3) is 0 Å². The Hall–Kier alpha value is -1.29. The van der Waals surface area contributed by atoms with E-state index in [4.69, 9.17) is 4.74 Å². The summed E-state index contributed by atoms with van der Waals surface area (Å²) in [7, 11) is 0. The smallest absolute Gasteiger partial charge is 0.362 e. The van der Waals surface area contributed by atoms with Crippen LogP contribution in [-0.4, -0.2) is 0 Å². The molecule has 0 bridgehead atoms. The number of hydrogen-bond acceptors (Lipinski definition) is 1. The van der Waals surface area contributed by atoms with Crippen molar-refractivity contribution in [3.05, 3.63) is 73.6 Å². The molecule has 0 aliphatic rings. The molecule has 0 aromatic heterocycles. The molecule has 0 saturated carbocycles. The predicted molar refractivity (Wildman–Crippen MR) is 70.5 cm³/mol. The molecular weight excluding hydrogens is 335 g/mol. The molecule has 2 aromatic rings. The molecule has 1 nitrogen and oxygen atoms in total. The molecule has 0 unspecified atom stereocenters. The molecule has 2 heteroatoms. The molecule has 0 amide bonds. The van der Waals surface area contributed by atoms with Crippen molar-refractivity contribution in [3.63, 3.8) is 0 Å². The highest BCUT2D eigenvalue weighted by molar-refractivity contribution is 5.27. The summed E-state index contributed by atoms with van der Waals surface area (Å²) < 4.78 is 8.42. The highest BCUT2D eigenvalue weighted by Gasteiger charge is 2.20. The van der Waals surface area contributed by atoms with Gasteiger partial charge in [0.05, 0.1) is 6.26 Å². The third-order valence-electron chi connectivity index (χ3n) is 2.36. The maximum Gasteiger partial charge on any atom is 0.362 e. The van der Waals surface area contributed by atoms with Gasteiger partial charge in [-0.3, -0.25) is 0 Å². The third-order valence-corrected chi connectivity index (χ3v) is 5.18. The summed E-state index contributed by atoms with van der Waals surface area (Å²) in [5.41, 5.74) is 1.23. The highest BCUT2D eigenvalue weighted by atomic mass is 127. The SMILES string of the molecule is CC=COc1cc(C)ccc1[I+]c1ccccc1. The van der Waals surface area contributed by atoms with Crippen molar-refractivity contribution in [1.29, 1.82) is 0 Å². The molecule has 2 aromatic carbocycles. The maximum atomic E-state index is 5.69. The van der Waals surface area contributed by atoms with E-state index in [0.717, 1.165) is 5.75 Å². The van der Waals surface area contributed by atoms with Crippen molar-refractivity contribution in [2.45, 2.75) is 13.8 Å². The standard InChI is InChI=1S/C16H16IO/c1-3-11-18-16-12-13(2)9-10-15(16)17-14-7-5-4-6-8-14/h3-12H,1-2H3/q+1. The van der Waals surface area contributed by atoms with E-state index in [1.54, 1.807) is 6.26 Å². The molecule has 0 spiro atoms. The first-order chi connectivity index (χ1) is 8.79. The summed E-state index contributed by atoms with van der Waals surface area (Å²) in [6, 6.07) is 17.1. The molecule has 0 radical (unpaired) electrons. The quantitative estimate of drug-likeness (QED) is 0.591. The van der Waals surface area contributed by atoms with E-state index in [1.807, 2.05) is 13.0 Å². The largest absolute Gasteiger partial charge is 0.461 e. The monoisotopic (exact) mass is 351 g/mol. The van der Waals surface area contributed by atoms with Crippen molar-refractivity contribution in [2.24, 2.45) is 0 Å². The van der Waals surface area contributed by atoms with E-state index < -0.39 is 0 Å². The minimum Gasteiger partial charge on any atom is -0.461 e. The van der Waals surface area contributed by atoms with Gasteiger partial charge in [0.15, 0.2) is 9.32 Å². The second-order valence-corrected chi connectivity index (χ2v) is 6.86. The Morgan fingerprint density at radius 1 is 1.06 bits per heavy atom. The number of ether oxygens (including phenoxy) is 1. The van der Waals surface area contributed by atoms with Crippen LogP contribution >= 0.6 is 0 Å². The molecule has 0 aliphatic heterocycles. The van der Waals surface area contributed by atoms with Gasteiger partial charge in [0.2, 0.25) is 3.57 Å². The molecule has 0 atom stereocenters. The lowest BCUT2D eigenvalue weighted by atomic mass is 10.2. The number of rotatable bonds is 4. The van der Waals surface area contributed by atoms with Gasteiger partial charge < -0.3 is 4.74 Å². The van der Waals surface area contributed by atoms with Gasteiger partial charge in [-0.25, -0.2) is 0 Å². The number of benzene rings is 2. The maximum absolute atomic E-state index is 5.69. The lowest BCUT2D eigenvalue weighted by Crippen LogP contribution is -3.61. The van der Waals surface area contributed by atoms with E-state index in [1.165, 1.54) is 12.7 Å². The number of halogens is 1. The summed E-state index contributed by atoms with van der Waals surface area (Å²) >= 11 is -0.182. The molecule has 0 N–H and O–H groups in total. The number of aryl methyl sites for hydroxylation is 1. The Kier molecular flexibility index (Phi) is 4.81. The van der Waals surface area contributed by atoms with E-state index in [2.05, 4.69) is 55.5 Å². The normalized spacial score (nSPS) is 10.8. The molecule has 92 valence electrons. The van der Waals surface area contributed by atoms with Crippen LogP contribution in [-0.2, 0) is 0 Å². The number of hydrogen-bond donors (Lipinski definition) is 0. The van der Waals surface area contributed by atoms with E-state index in [-0.39, 0.29) is 21.2 Å². The second kappa shape index (κ2) is 6.59. The summed E-state index contributed by atoms with van der Waals surface area (Å²) in [6.45, 7) is 4.05. The summed E-state index contributed by atoms with van der Waals surface area (Å²) in [6.07, 6.45) is 3.65. The van der Waals surface area contributed by atoms with Crippen molar-refractivity contribution in [2.75, 3.05) is 0 Å². The van der Waals surface area contributed by atoms with E-state index in [0.29, 0.717) is 0 Å². The molecule has 0 saturated heterocycles. The third kappa shape index (κ3) is 3.60. The summed E-state index contributed by atoms with van der Waals surface area (Å²) in [5, 5.41) is 0. The van der Waals surface area contributed by atoms with Crippen LogP contribution in [0.2, 0.25) is 0 Å². The zero-order chi connectivity index (χ0) is 12.8. The van der Waals surface area contributed by atoms with Crippen LogP contribution in [0.3, 0.4) is 0 Å². The molecule has 0 heterocycles. The number of allylic oxidation sites excluding steroid dienone is 1. The van der Waals surface area contributed by atoms with Gasteiger partial charge in [-0.15, -0.1) is 0 Å². The first-order valence-electron chi connectivity index (χ1n) is 5.88. The molecule has 2 rings (SSSR count). The Morgan fingerprint density at radius 3 is 2.56 bits per heavy atom. The lowest BCUT2D eigenvalue weighted by molar-refractivity contribution is -0.598. The van der Waals surface area contributed by atoms with Crippen LogP contribution in [0.1, 0.15) is 12.5 Å². The Morgan fingerprint density at radius 2 is 1.83 bits per heavy atom. The minimum atomic E-state index is -0.182.